The van der Waals surface area contributed by atoms with Crippen LogP contribution in [0, 0.1) is 4.77 Å². The average Bonchev–Trinajstić information content (AvgIpc) is 3.24. The number of nitrogens with zero attached hydrogens (tertiary/aromatic N) is 2. The summed E-state index contributed by atoms with van der Waals surface area (Å²) in [5, 5.41) is 0.657. The summed E-state index contributed by atoms with van der Waals surface area (Å²) in [7, 11) is 0. The average molecular weight is 436 g/mol. The second-order valence-corrected chi connectivity index (χ2v) is 8.70. The smallest absolute Gasteiger partial charge is 0.262 e. The Morgan fingerprint density at radius 2 is 1.81 bits per heavy atom. The van der Waals surface area contributed by atoms with Crippen LogP contribution in [-0.2, 0) is 17.8 Å². The molecule has 1 amide bonds. The Hall–Kier alpha value is -2.73. The van der Waals surface area contributed by atoms with E-state index in [1.807, 2.05) is 30.3 Å². The maximum atomic E-state index is 12.8. The Morgan fingerprint density at radius 1 is 1.03 bits per heavy atom. The monoisotopic (exact) mass is 435 g/mol. The van der Waals surface area contributed by atoms with E-state index in [4.69, 9.17) is 12.2 Å². The second kappa shape index (κ2) is 10.1. The van der Waals surface area contributed by atoms with Crippen LogP contribution in [0.1, 0.15) is 44.1 Å². The lowest BCUT2D eigenvalue weighted by Gasteiger charge is -2.25. The largest absolute Gasteiger partial charge is 0.339 e. The van der Waals surface area contributed by atoms with Gasteiger partial charge in [-0.2, -0.15) is 0 Å². The molecular weight excluding hydrogens is 406 g/mol. The Balaban J connectivity index is 1.26. The molecular formula is C25H29N3O2S. The molecule has 3 aromatic rings. The van der Waals surface area contributed by atoms with Crippen LogP contribution >= 0.6 is 12.2 Å². The van der Waals surface area contributed by atoms with Crippen molar-refractivity contribution in [3.05, 3.63) is 75.3 Å². The lowest BCUT2D eigenvalue weighted by atomic mass is 10.0. The van der Waals surface area contributed by atoms with Crippen LogP contribution in [0.15, 0.2) is 59.4 Å². The quantitative estimate of drug-likeness (QED) is 0.406. The Labute approximate surface area is 187 Å². The fourth-order valence-electron chi connectivity index (χ4n) is 4.53. The molecule has 1 unspecified atom stereocenters. The van der Waals surface area contributed by atoms with Gasteiger partial charge in [-0.05, 0) is 62.0 Å². The molecule has 1 aliphatic rings. The van der Waals surface area contributed by atoms with E-state index in [1.54, 1.807) is 4.57 Å². The van der Waals surface area contributed by atoms with Crippen LogP contribution in [0.3, 0.4) is 0 Å². The van der Waals surface area contributed by atoms with E-state index in [0.29, 0.717) is 29.2 Å². The first-order valence-corrected chi connectivity index (χ1v) is 11.6. The predicted octanol–water partition coefficient (Wildman–Crippen LogP) is 4.85. The fraction of sp³-hybridized carbons (Fsp3) is 0.400. The number of para-hydroxylation sites is 1. The third-order valence-electron chi connectivity index (χ3n) is 6.17. The first-order valence-electron chi connectivity index (χ1n) is 11.2. The summed E-state index contributed by atoms with van der Waals surface area (Å²) in [6, 6.07) is 18.2. The molecule has 162 valence electrons. The highest BCUT2D eigenvalue weighted by Crippen LogP contribution is 2.22. The molecule has 1 saturated heterocycles. The van der Waals surface area contributed by atoms with E-state index >= 15 is 0 Å². The standard InChI is InChI=1S/C25H29N3O2S/c29-23(27-17-9-12-20(27)18-19-10-3-1-4-11-19)15-5-2-8-16-28-24(30)21-13-6-7-14-22(21)26-25(28)31/h1,3-4,6-7,10-11,13-14,20H,2,5,8-9,12,15-18H2,(H,26,31). The van der Waals surface area contributed by atoms with E-state index < -0.39 is 0 Å². The van der Waals surface area contributed by atoms with Crippen molar-refractivity contribution in [1.82, 2.24) is 14.5 Å². The number of amides is 1. The fourth-order valence-corrected chi connectivity index (χ4v) is 4.82. The molecule has 5 nitrogen and oxygen atoms in total. The molecule has 0 aliphatic carbocycles. The van der Waals surface area contributed by atoms with Gasteiger partial charge in [-0.3, -0.25) is 14.2 Å². The summed E-state index contributed by atoms with van der Waals surface area (Å²) in [6.07, 6.45) is 6.26. The highest BCUT2D eigenvalue weighted by atomic mass is 32.1. The van der Waals surface area contributed by atoms with Crippen molar-refractivity contribution in [2.24, 2.45) is 0 Å². The van der Waals surface area contributed by atoms with Crippen molar-refractivity contribution < 1.29 is 4.79 Å². The molecule has 1 atom stereocenters. The molecule has 6 heteroatoms. The van der Waals surface area contributed by atoms with Crippen molar-refractivity contribution in [1.29, 1.82) is 0 Å². The first-order chi connectivity index (χ1) is 15.1. The van der Waals surface area contributed by atoms with Crippen molar-refractivity contribution in [2.75, 3.05) is 6.54 Å². The minimum atomic E-state index is -0.0451. The Kier molecular flexibility index (Phi) is 6.97. The van der Waals surface area contributed by atoms with Gasteiger partial charge in [-0.1, -0.05) is 48.9 Å². The molecule has 0 saturated carbocycles. The summed E-state index contributed by atoms with van der Waals surface area (Å²) < 4.78 is 2.09. The van der Waals surface area contributed by atoms with Gasteiger partial charge >= 0.3 is 0 Å². The number of unbranched alkanes of at least 4 members (excludes halogenated alkanes) is 2. The molecule has 0 radical (unpaired) electrons. The van der Waals surface area contributed by atoms with Crippen molar-refractivity contribution in [2.45, 2.75) is 57.5 Å². The zero-order valence-electron chi connectivity index (χ0n) is 17.8. The maximum Gasteiger partial charge on any atom is 0.262 e. The summed E-state index contributed by atoms with van der Waals surface area (Å²) >= 11 is 5.37. The predicted molar refractivity (Wildman–Crippen MR) is 127 cm³/mol. The number of benzene rings is 2. The Bertz CT molecular complexity index is 1150. The van der Waals surface area contributed by atoms with Gasteiger partial charge in [0.15, 0.2) is 4.77 Å². The minimum Gasteiger partial charge on any atom is -0.339 e. The van der Waals surface area contributed by atoms with E-state index in [0.717, 1.165) is 50.6 Å². The molecule has 1 aliphatic heterocycles. The topological polar surface area (TPSA) is 58.1 Å². The summed E-state index contributed by atoms with van der Waals surface area (Å²) in [6.45, 7) is 1.45. The van der Waals surface area contributed by atoms with Crippen LogP contribution < -0.4 is 5.56 Å². The lowest BCUT2D eigenvalue weighted by molar-refractivity contribution is -0.132. The number of carbonyl (C=O) groups excluding carboxylic acids is 1. The molecule has 4 rings (SSSR count). The van der Waals surface area contributed by atoms with Crippen LogP contribution in [0.25, 0.3) is 10.9 Å². The number of H-pyrrole nitrogens is 1. The van der Waals surface area contributed by atoms with Gasteiger partial charge in [0.1, 0.15) is 0 Å². The van der Waals surface area contributed by atoms with E-state index in [2.05, 4.69) is 34.1 Å². The number of likely N-dealkylation sites (tertiary alicyclic amines) is 1. The number of aromatic nitrogens is 2. The van der Waals surface area contributed by atoms with Gasteiger partial charge < -0.3 is 9.88 Å². The van der Waals surface area contributed by atoms with E-state index in [-0.39, 0.29) is 11.5 Å². The van der Waals surface area contributed by atoms with Crippen LogP contribution in [-0.4, -0.2) is 32.9 Å². The summed E-state index contributed by atoms with van der Waals surface area (Å²) in [4.78, 5) is 30.7. The number of hydrogen-bond acceptors (Lipinski definition) is 3. The third kappa shape index (κ3) is 5.13. The second-order valence-electron chi connectivity index (χ2n) is 8.32. The number of carbonyl (C=O) groups is 1. The van der Waals surface area contributed by atoms with E-state index in [9.17, 15) is 9.59 Å². The molecule has 1 N–H and O–H groups in total. The van der Waals surface area contributed by atoms with Gasteiger partial charge in [-0.25, -0.2) is 0 Å². The van der Waals surface area contributed by atoms with Gasteiger partial charge in [0.05, 0.1) is 10.9 Å². The summed E-state index contributed by atoms with van der Waals surface area (Å²) in [5.74, 6) is 0.263. The van der Waals surface area contributed by atoms with Gasteiger partial charge in [0.2, 0.25) is 5.91 Å². The number of rotatable bonds is 8. The SMILES string of the molecule is O=C(CCCCCn1c(=S)[nH]c2ccccc2c1=O)N1CCCC1Cc1ccccc1. The normalized spacial score (nSPS) is 16.1. The van der Waals surface area contributed by atoms with Crippen LogP contribution in [0.4, 0.5) is 0 Å². The van der Waals surface area contributed by atoms with Crippen molar-refractivity contribution in [3.8, 4) is 0 Å². The van der Waals surface area contributed by atoms with Gasteiger partial charge in [-0.15, -0.1) is 0 Å². The van der Waals surface area contributed by atoms with Crippen LogP contribution in [0.2, 0.25) is 0 Å². The molecule has 1 aromatic heterocycles. The number of aromatic amines is 1. The number of fused-ring (bicyclic) bond motifs is 1. The number of hydrogen-bond donors (Lipinski definition) is 1. The van der Waals surface area contributed by atoms with Gasteiger partial charge in [0.25, 0.3) is 5.56 Å². The highest BCUT2D eigenvalue weighted by molar-refractivity contribution is 7.71. The molecule has 0 spiro atoms. The zero-order valence-corrected chi connectivity index (χ0v) is 18.6. The van der Waals surface area contributed by atoms with Gasteiger partial charge in [0, 0.05) is 25.6 Å². The molecule has 1 fully saturated rings. The van der Waals surface area contributed by atoms with E-state index in [1.165, 1.54) is 5.56 Å². The minimum absolute atomic E-state index is 0.0451. The lowest BCUT2D eigenvalue weighted by Crippen LogP contribution is -2.36. The maximum absolute atomic E-state index is 12.8. The molecule has 2 aromatic carbocycles. The molecule has 2 heterocycles. The van der Waals surface area contributed by atoms with Crippen molar-refractivity contribution >= 4 is 29.0 Å². The van der Waals surface area contributed by atoms with Crippen LogP contribution in [0.5, 0.6) is 0 Å². The molecule has 0 bridgehead atoms. The first kappa shape index (κ1) is 21.5. The van der Waals surface area contributed by atoms with Crippen molar-refractivity contribution in [3.63, 3.8) is 0 Å². The Morgan fingerprint density at radius 3 is 2.65 bits per heavy atom. The highest BCUT2D eigenvalue weighted by Gasteiger charge is 2.28. The zero-order chi connectivity index (χ0) is 21.6. The molecule has 31 heavy (non-hydrogen) atoms. The third-order valence-corrected chi connectivity index (χ3v) is 6.50. The summed E-state index contributed by atoms with van der Waals surface area (Å²) in [5.41, 5.74) is 2.02. The number of nitrogens with one attached hydrogen (secondary N) is 1.